The quantitative estimate of drug-likeness (QED) is 0.648. The van der Waals surface area contributed by atoms with Crippen LogP contribution < -0.4 is 11.1 Å². The Morgan fingerprint density at radius 3 is 1.96 bits per heavy atom. The second kappa shape index (κ2) is 8.17. The van der Waals surface area contributed by atoms with Crippen LogP contribution in [0.1, 0.15) is 21.9 Å². The largest absolute Gasteiger partial charge is 0.468 e. The Balaban J connectivity index is 1.63. The lowest BCUT2D eigenvalue weighted by Gasteiger charge is -2.19. The molecule has 3 rings (SSSR count). The SMILES string of the molecule is NC(=O)c1ccc(NC(=O)CN(Cc2ccco2)Cc2ccco2)cc1. The Bertz CT molecular complexity index is 803. The summed E-state index contributed by atoms with van der Waals surface area (Å²) in [6.45, 7) is 1.10. The van der Waals surface area contributed by atoms with Crippen molar-refractivity contribution in [1.29, 1.82) is 0 Å². The van der Waals surface area contributed by atoms with Crippen LogP contribution in [0.5, 0.6) is 0 Å². The Morgan fingerprint density at radius 2 is 1.50 bits per heavy atom. The van der Waals surface area contributed by atoms with Gasteiger partial charge in [0.2, 0.25) is 11.8 Å². The molecule has 3 aromatic rings. The van der Waals surface area contributed by atoms with Crippen molar-refractivity contribution in [2.45, 2.75) is 13.1 Å². The maximum atomic E-state index is 12.4. The van der Waals surface area contributed by atoms with E-state index in [1.54, 1.807) is 48.9 Å². The van der Waals surface area contributed by atoms with Crippen molar-refractivity contribution in [2.75, 3.05) is 11.9 Å². The van der Waals surface area contributed by atoms with Gasteiger partial charge < -0.3 is 19.9 Å². The first-order valence-electron chi connectivity index (χ1n) is 8.07. The molecule has 0 spiro atoms. The van der Waals surface area contributed by atoms with Gasteiger partial charge in [-0.2, -0.15) is 0 Å². The molecule has 3 N–H and O–H groups in total. The molecule has 2 heterocycles. The average molecular weight is 353 g/mol. The monoisotopic (exact) mass is 353 g/mol. The van der Waals surface area contributed by atoms with Crippen molar-refractivity contribution in [1.82, 2.24) is 4.90 Å². The molecular weight excluding hydrogens is 334 g/mol. The zero-order chi connectivity index (χ0) is 18.4. The van der Waals surface area contributed by atoms with E-state index >= 15 is 0 Å². The summed E-state index contributed by atoms with van der Waals surface area (Å²) in [6.07, 6.45) is 3.20. The highest BCUT2D eigenvalue weighted by molar-refractivity contribution is 5.95. The van der Waals surface area contributed by atoms with Gasteiger partial charge >= 0.3 is 0 Å². The smallest absolute Gasteiger partial charge is 0.248 e. The van der Waals surface area contributed by atoms with Crippen LogP contribution in [0.2, 0.25) is 0 Å². The Hall–Kier alpha value is -3.32. The van der Waals surface area contributed by atoms with E-state index in [-0.39, 0.29) is 12.5 Å². The summed E-state index contributed by atoms with van der Waals surface area (Å²) in [5, 5.41) is 2.80. The molecule has 0 aliphatic carbocycles. The van der Waals surface area contributed by atoms with E-state index in [1.807, 2.05) is 17.0 Å². The summed E-state index contributed by atoms with van der Waals surface area (Å²) in [5.74, 6) is 0.825. The van der Waals surface area contributed by atoms with Crippen molar-refractivity contribution in [3.05, 3.63) is 78.1 Å². The molecule has 0 unspecified atom stereocenters. The first-order chi connectivity index (χ1) is 12.6. The van der Waals surface area contributed by atoms with Gasteiger partial charge in [-0.3, -0.25) is 14.5 Å². The van der Waals surface area contributed by atoms with Crippen LogP contribution in [0.3, 0.4) is 0 Å². The van der Waals surface area contributed by atoms with Crippen molar-refractivity contribution < 1.29 is 18.4 Å². The summed E-state index contributed by atoms with van der Waals surface area (Å²) >= 11 is 0. The minimum absolute atomic E-state index is 0.152. The number of hydrogen-bond donors (Lipinski definition) is 2. The van der Waals surface area contributed by atoms with Crippen LogP contribution in [-0.4, -0.2) is 23.3 Å². The number of nitrogens with zero attached hydrogens (tertiary/aromatic N) is 1. The highest BCUT2D eigenvalue weighted by Crippen LogP contribution is 2.13. The highest BCUT2D eigenvalue weighted by Gasteiger charge is 2.15. The second-order valence-corrected chi connectivity index (χ2v) is 5.79. The van der Waals surface area contributed by atoms with Gasteiger partial charge in [-0.25, -0.2) is 0 Å². The summed E-state index contributed by atoms with van der Waals surface area (Å²) in [4.78, 5) is 25.4. The molecular formula is C19H19N3O4. The fraction of sp³-hybridized carbons (Fsp3) is 0.158. The fourth-order valence-electron chi connectivity index (χ4n) is 2.54. The van der Waals surface area contributed by atoms with Gasteiger partial charge in [0, 0.05) is 11.3 Å². The Morgan fingerprint density at radius 1 is 0.923 bits per heavy atom. The predicted octanol–water partition coefficient (Wildman–Crippen LogP) is 2.61. The Labute approximate surface area is 150 Å². The highest BCUT2D eigenvalue weighted by atomic mass is 16.3. The van der Waals surface area contributed by atoms with Crippen molar-refractivity contribution in [3.63, 3.8) is 0 Å². The lowest BCUT2D eigenvalue weighted by molar-refractivity contribution is -0.117. The molecule has 7 heteroatoms. The van der Waals surface area contributed by atoms with E-state index in [0.717, 1.165) is 11.5 Å². The zero-order valence-electron chi connectivity index (χ0n) is 14.1. The number of anilines is 1. The van der Waals surface area contributed by atoms with Gasteiger partial charge in [-0.05, 0) is 48.5 Å². The predicted molar refractivity (Wildman–Crippen MR) is 95.1 cm³/mol. The third-order valence-electron chi connectivity index (χ3n) is 3.74. The molecule has 0 atom stereocenters. The van der Waals surface area contributed by atoms with E-state index in [4.69, 9.17) is 14.6 Å². The molecule has 2 amide bonds. The molecule has 0 saturated heterocycles. The number of carbonyl (C=O) groups is 2. The molecule has 0 bridgehead atoms. The molecule has 0 radical (unpaired) electrons. The molecule has 2 aromatic heterocycles. The van der Waals surface area contributed by atoms with Gasteiger partial charge in [0.05, 0.1) is 32.2 Å². The van der Waals surface area contributed by atoms with Crippen LogP contribution in [0.25, 0.3) is 0 Å². The van der Waals surface area contributed by atoms with Gasteiger partial charge in [0.15, 0.2) is 0 Å². The minimum atomic E-state index is -0.508. The average Bonchev–Trinajstić information content (AvgIpc) is 3.29. The zero-order valence-corrected chi connectivity index (χ0v) is 14.1. The molecule has 7 nitrogen and oxygen atoms in total. The van der Waals surface area contributed by atoms with Crippen LogP contribution in [0.15, 0.2) is 69.9 Å². The molecule has 0 fully saturated rings. The summed E-state index contributed by atoms with van der Waals surface area (Å²) in [5.41, 5.74) is 6.19. The Kier molecular flexibility index (Phi) is 5.50. The van der Waals surface area contributed by atoms with E-state index in [0.29, 0.717) is 24.3 Å². The van der Waals surface area contributed by atoms with Crippen LogP contribution in [-0.2, 0) is 17.9 Å². The van der Waals surface area contributed by atoms with Gasteiger partial charge in [0.25, 0.3) is 0 Å². The van der Waals surface area contributed by atoms with Crippen molar-refractivity contribution >= 4 is 17.5 Å². The maximum absolute atomic E-state index is 12.4. The van der Waals surface area contributed by atoms with E-state index in [9.17, 15) is 9.59 Å². The molecule has 0 saturated carbocycles. The molecule has 134 valence electrons. The summed E-state index contributed by atoms with van der Waals surface area (Å²) < 4.78 is 10.7. The van der Waals surface area contributed by atoms with Gasteiger partial charge in [-0.1, -0.05) is 0 Å². The molecule has 0 aliphatic heterocycles. The maximum Gasteiger partial charge on any atom is 0.248 e. The molecule has 0 aliphatic rings. The van der Waals surface area contributed by atoms with Crippen LogP contribution in [0, 0.1) is 0 Å². The second-order valence-electron chi connectivity index (χ2n) is 5.79. The standard InChI is InChI=1S/C19H19N3O4/c20-19(24)14-5-7-15(8-6-14)21-18(23)13-22(11-16-3-1-9-25-16)12-17-4-2-10-26-17/h1-10H,11-13H2,(H2,20,24)(H,21,23). The van der Waals surface area contributed by atoms with Crippen LogP contribution in [0.4, 0.5) is 5.69 Å². The number of rotatable bonds is 8. The van der Waals surface area contributed by atoms with E-state index in [1.165, 1.54) is 0 Å². The normalized spacial score (nSPS) is 10.8. The minimum Gasteiger partial charge on any atom is -0.468 e. The first kappa shape index (κ1) is 17.5. The lowest BCUT2D eigenvalue weighted by atomic mass is 10.2. The number of nitrogens with one attached hydrogen (secondary N) is 1. The summed E-state index contributed by atoms with van der Waals surface area (Å²) in [7, 11) is 0. The van der Waals surface area contributed by atoms with Crippen molar-refractivity contribution in [3.8, 4) is 0 Å². The molecule has 1 aromatic carbocycles. The number of hydrogen-bond acceptors (Lipinski definition) is 5. The summed E-state index contributed by atoms with van der Waals surface area (Å²) in [6, 6.07) is 13.7. The number of nitrogens with two attached hydrogens (primary N) is 1. The van der Waals surface area contributed by atoms with E-state index < -0.39 is 5.91 Å². The third-order valence-corrected chi connectivity index (χ3v) is 3.74. The number of carbonyl (C=O) groups excluding carboxylic acids is 2. The number of benzene rings is 1. The lowest BCUT2D eigenvalue weighted by Crippen LogP contribution is -2.32. The van der Waals surface area contributed by atoms with Gasteiger partial charge in [-0.15, -0.1) is 0 Å². The molecule has 26 heavy (non-hydrogen) atoms. The number of furan rings is 2. The topological polar surface area (TPSA) is 102 Å². The number of amides is 2. The number of primary amides is 1. The van der Waals surface area contributed by atoms with E-state index in [2.05, 4.69) is 5.32 Å². The first-order valence-corrected chi connectivity index (χ1v) is 8.07. The van der Waals surface area contributed by atoms with Crippen molar-refractivity contribution in [2.24, 2.45) is 5.73 Å². The van der Waals surface area contributed by atoms with Crippen LogP contribution >= 0.6 is 0 Å². The fourth-order valence-corrected chi connectivity index (χ4v) is 2.54. The van der Waals surface area contributed by atoms with Gasteiger partial charge in [0.1, 0.15) is 11.5 Å². The third kappa shape index (κ3) is 4.84.